The van der Waals surface area contributed by atoms with Gasteiger partial charge >= 0.3 is 0 Å². The minimum Gasteiger partial charge on any atom is -0.496 e. The summed E-state index contributed by atoms with van der Waals surface area (Å²) in [6, 6.07) is 17.9. The van der Waals surface area contributed by atoms with Crippen molar-refractivity contribution in [3.8, 4) is 5.75 Å². The van der Waals surface area contributed by atoms with Gasteiger partial charge in [0, 0.05) is 78.2 Å². The number of hydrogen-bond acceptors (Lipinski definition) is 10. The van der Waals surface area contributed by atoms with E-state index < -0.39 is 11.9 Å². The summed E-state index contributed by atoms with van der Waals surface area (Å²) in [6.07, 6.45) is 14.4. The Bertz CT molecular complexity index is 2440. The Hall–Kier alpha value is -5.96. The third kappa shape index (κ3) is 11.5. The van der Waals surface area contributed by atoms with Crippen molar-refractivity contribution in [1.82, 2.24) is 20.2 Å². The first kappa shape index (κ1) is 48.0. The number of nitrogens with one attached hydrogen (secondary N) is 2. The number of anilines is 3. The predicted octanol–water partition coefficient (Wildman–Crippen LogP) is 8.86. The van der Waals surface area contributed by atoms with Crippen LogP contribution in [-0.4, -0.2) is 76.4 Å². The Morgan fingerprint density at radius 1 is 0.894 bits per heavy atom. The van der Waals surface area contributed by atoms with Crippen LogP contribution in [0, 0.1) is 0 Å². The van der Waals surface area contributed by atoms with E-state index in [0.29, 0.717) is 78.3 Å². The molecule has 3 aliphatic rings. The highest BCUT2D eigenvalue weighted by Gasteiger charge is 2.40. The Morgan fingerprint density at radius 3 is 2.27 bits per heavy atom. The molecular formula is C51H60BrN7O7. The molecule has 4 aromatic rings. The monoisotopic (exact) mass is 961 g/mol. The van der Waals surface area contributed by atoms with Crippen molar-refractivity contribution in [2.45, 2.75) is 135 Å². The number of ether oxygens (including phenoxy) is 1. The van der Waals surface area contributed by atoms with Crippen LogP contribution < -0.4 is 25.2 Å². The first-order chi connectivity index (χ1) is 31.9. The normalized spacial score (nSPS) is 16.9. The second-order valence-electron chi connectivity index (χ2n) is 17.5. The highest BCUT2D eigenvalue weighted by Crippen LogP contribution is 2.37. The minimum absolute atomic E-state index is 0.0155. The van der Waals surface area contributed by atoms with Crippen LogP contribution >= 0.6 is 15.9 Å². The average molecular weight is 963 g/mol. The van der Waals surface area contributed by atoms with Gasteiger partial charge in [0.1, 0.15) is 29.3 Å². The number of methoxy groups -OCH3 is 1. The van der Waals surface area contributed by atoms with Gasteiger partial charge in [0.2, 0.25) is 23.6 Å². The number of carbonyl (C=O) groups excluding carboxylic acids is 6. The standard InChI is InChI=1S/C51H60BrN7O7/c1-4-40-51(65)57(2)42-30-53-45(55-48(42)58(40)31-33-20-24-36(52)25-21-33)29-35-23-22-34(28-44(35)66-3)43(60)18-13-11-9-7-5-6-8-10-12-14-19-46(61)54-39-17-15-16-37-38(39)32-59(50(37)64)41-26-27-47(62)56-49(41)63/h15-17,20-25,28,30,40-41H,4-14,18-19,26-27,29,31-32H2,1-3H3,(H,54,61)(H,56,62,63)/t40-,41?/m1/s1. The van der Waals surface area contributed by atoms with Gasteiger partial charge in [-0.2, -0.15) is 0 Å². The van der Waals surface area contributed by atoms with Crippen LogP contribution in [0.3, 0.4) is 0 Å². The van der Waals surface area contributed by atoms with Gasteiger partial charge in [-0.25, -0.2) is 9.97 Å². The number of nitrogens with zero attached hydrogens (tertiary/aromatic N) is 5. The van der Waals surface area contributed by atoms with Crippen LogP contribution in [0.5, 0.6) is 5.75 Å². The van der Waals surface area contributed by atoms with E-state index in [-0.39, 0.29) is 48.4 Å². The zero-order chi connectivity index (χ0) is 46.7. The predicted molar refractivity (Wildman–Crippen MR) is 256 cm³/mol. The number of Topliss-reactive ketones (excluding diaryl/α,β-unsaturated/α-hetero) is 1. The lowest BCUT2D eigenvalue weighted by molar-refractivity contribution is -0.137. The van der Waals surface area contributed by atoms with Gasteiger partial charge in [-0.15, -0.1) is 0 Å². The summed E-state index contributed by atoms with van der Waals surface area (Å²) in [6.45, 7) is 2.76. The summed E-state index contributed by atoms with van der Waals surface area (Å²) >= 11 is 3.51. The third-order valence-electron chi connectivity index (χ3n) is 12.9. The van der Waals surface area contributed by atoms with Gasteiger partial charge in [-0.3, -0.25) is 34.1 Å². The number of amides is 5. The lowest BCUT2D eigenvalue weighted by atomic mass is 10.00. The summed E-state index contributed by atoms with van der Waals surface area (Å²) in [5, 5.41) is 5.30. The number of halogens is 1. The molecule has 4 heterocycles. The molecule has 2 N–H and O–H groups in total. The molecule has 0 radical (unpaired) electrons. The molecule has 2 atom stereocenters. The molecule has 1 saturated heterocycles. The summed E-state index contributed by atoms with van der Waals surface area (Å²) in [7, 11) is 3.38. The van der Waals surface area contributed by atoms with E-state index in [0.717, 1.165) is 85.6 Å². The molecule has 348 valence electrons. The Morgan fingerprint density at radius 2 is 1.59 bits per heavy atom. The highest BCUT2D eigenvalue weighted by atomic mass is 79.9. The lowest BCUT2D eigenvalue weighted by Crippen LogP contribution is -2.52. The van der Waals surface area contributed by atoms with Crippen molar-refractivity contribution in [3.63, 3.8) is 0 Å². The fourth-order valence-electron chi connectivity index (χ4n) is 9.20. The topological polar surface area (TPSA) is 171 Å². The highest BCUT2D eigenvalue weighted by molar-refractivity contribution is 9.10. The number of rotatable bonds is 22. The Labute approximate surface area is 395 Å². The molecule has 1 fully saturated rings. The Balaban J connectivity index is 0.781. The molecule has 3 aliphatic heterocycles. The van der Waals surface area contributed by atoms with Crippen molar-refractivity contribution in [1.29, 1.82) is 0 Å². The number of ketones is 1. The summed E-state index contributed by atoms with van der Waals surface area (Å²) in [4.78, 5) is 91.4. The summed E-state index contributed by atoms with van der Waals surface area (Å²) < 4.78 is 6.75. The number of likely N-dealkylation sites (N-methyl/N-ethyl adjacent to an activating group) is 1. The summed E-state index contributed by atoms with van der Waals surface area (Å²) in [5.74, 6) is 0.904. The van der Waals surface area contributed by atoms with E-state index >= 15 is 0 Å². The van der Waals surface area contributed by atoms with E-state index in [2.05, 4.69) is 36.4 Å². The first-order valence-electron chi connectivity index (χ1n) is 23.4. The van der Waals surface area contributed by atoms with Crippen LogP contribution in [0.4, 0.5) is 17.2 Å². The van der Waals surface area contributed by atoms with Gasteiger partial charge in [0.25, 0.3) is 5.91 Å². The second-order valence-corrected chi connectivity index (χ2v) is 18.4. The molecule has 7 rings (SSSR count). The van der Waals surface area contributed by atoms with Gasteiger partial charge < -0.3 is 24.8 Å². The van der Waals surface area contributed by atoms with Crippen LogP contribution in [0.15, 0.2) is 71.3 Å². The molecule has 3 aromatic carbocycles. The number of hydrogen-bond donors (Lipinski definition) is 2. The molecule has 1 aromatic heterocycles. The fourth-order valence-corrected chi connectivity index (χ4v) is 9.47. The number of imide groups is 1. The van der Waals surface area contributed by atoms with E-state index in [4.69, 9.17) is 9.72 Å². The quantitative estimate of drug-likeness (QED) is 0.0441. The van der Waals surface area contributed by atoms with Crippen LogP contribution in [0.2, 0.25) is 0 Å². The van der Waals surface area contributed by atoms with E-state index in [1.54, 1.807) is 43.5 Å². The average Bonchev–Trinajstić information content (AvgIpc) is 3.65. The zero-order valence-corrected chi connectivity index (χ0v) is 39.8. The van der Waals surface area contributed by atoms with Crippen LogP contribution in [-0.2, 0) is 38.7 Å². The van der Waals surface area contributed by atoms with E-state index in [1.807, 2.05) is 49.4 Å². The lowest BCUT2D eigenvalue weighted by Gasteiger charge is -2.40. The Kier molecular flexibility index (Phi) is 16.4. The van der Waals surface area contributed by atoms with Crippen molar-refractivity contribution in [3.05, 3.63) is 105 Å². The maximum atomic E-state index is 13.4. The number of fused-ring (bicyclic) bond motifs is 2. The maximum Gasteiger partial charge on any atom is 0.255 e. The molecule has 0 spiro atoms. The maximum absolute atomic E-state index is 13.4. The number of unbranched alkanes of at least 4 members (excludes halogenated alkanes) is 9. The van der Waals surface area contributed by atoms with E-state index in [9.17, 15) is 28.8 Å². The molecular weight excluding hydrogens is 903 g/mol. The molecule has 0 bridgehead atoms. The smallest absolute Gasteiger partial charge is 0.255 e. The molecule has 1 unspecified atom stereocenters. The molecule has 5 amide bonds. The largest absolute Gasteiger partial charge is 0.496 e. The molecule has 14 nitrogen and oxygen atoms in total. The second kappa shape index (κ2) is 22.5. The van der Waals surface area contributed by atoms with Crippen LogP contribution in [0.25, 0.3) is 0 Å². The SMILES string of the molecule is CC[C@@H]1C(=O)N(C)c2cnc(Cc3ccc(C(=O)CCCCCCCCCCCCC(=O)Nc4cccc5c4CN(C4CCC(=O)NC4=O)C5=O)cc3OC)nc2N1Cc1ccc(Br)cc1. The minimum atomic E-state index is -0.698. The van der Waals surface area contributed by atoms with Gasteiger partial charge in [0.15, 0.2) is 11.6 Å². The fraction of sp³-hybridized carbons (Fsp3) is 0.451. The molecule has 0 aliphatic carbocycles. The van der Waals surface area contributed by atoms with Crippen molar-refractivity contribution >= 4 is 68.4 Å². The van der Waals surface area contributed by atoms with Crippen molar-refractivity contribution in [2.75, 3.05) is 29.3 Å². The number of aromatic nitrogens is 2. The third-order valence-corrected chi connectivity index (χ3v) is 13.5. The summed E-state index contributed by atoms with van der Waals surface area (Å²) in [5.41, 5.74) is 5.02. The van der Waals surface area contributed by atoms with Crippen molar-refractivity contribution < 1.29 is 33.5 Å². The van der Waals surface area contributed by atoms with Gasteiger partial charge in [-0.05, 0) is 61.6 Å². The molecule has 66 heavy (non-hydrogen) atoms. The van der Waals surface area contributed by atoms with Gasteiger partial charge in [0.05, 0.1) is 13.3 Å². The van der Waals surface area contributed by atoms with Gasteiger partial charge in [-0.1, -0.05) is 105 Å². The van der Waals surface area contributed by atoms with Crippen LogP contribution in [0.1, 0.15) is 146 Å². The zero-order valence-electron chi connectivity index (χ0n) is 38.2. The number of benzene rings is 3. The first-order valence-corrected chi connectivity index (χ1v) is 24.2. The van der Waals surface area contributed by atoms with Crippen molar-refractivity contribution in [2.24, 2.45) is 0 Å². The number of carbonyl (C=O) groups is 6. The molecule has 0 saturated carbocycles. The molecule has 15 heteroatoms. The van der Waals surface area contributed by atoms with E-state index in [1.165, 1.54) is 4.90 Å². The number of piperidine rings is 1.